The number of H-pyrrole nitrogens is 1. The Bertz CT molecular complexity index is 1040. The zero-order valence-corrected chi connectivity index (χ0v) is 33.9. The molecule has 46 heavy (non-hydrogen) atoms. The first-order valence-corrected chi connectivity index (χ1v) is 19.1. The Morgan fingerprint density at radius 2 is 0.826 bits per heavy atom. The van der Waals surface area contributed by atoms with E-state index < -0.39 is 0 Å². The van der Waals surface area contributed by atoms with E-state index >= 15 is 0 Å². The number of nitrogens with one attached hydrogen (secondary N) is 1. The third-order valence-corrected chi connectivity index (χ3v) is 9.82. The van der Waals surface area contributed by atoms with Gasteiger partial charge in [-0.2, -0.15) is 0 Å². The monoisotopic (exact) mass is 640 g/mol. The van der Waals surface area contributed by atoms with Crippen LogP contribution < -0.4 is 0 Å². The number of nitrogens with zero attached hydrogens (tertiary/aromatic N) is 1. The molecule has 0 aliphatic heterocycles. The number of hydrogen-bond acceptors (Lipinski definition) is 1. The van der Waals surface area contributed by atoms with Crippen LogP contribution in [0.5, 0.6) is 0 Å². The minimum absolute atomic E-state index is 0. The Morgan fingerprint density at radius 3 is 1.24 bits per heavy atom. The summed E-state index contributed by atoms with van der Waals surface area (Å²) >= 11 is 0. The summed E-state index contributed by atoms with van der Waals surface area (Å²) in [5.74, 6) is 6.44. The Kier molecular flexibility index (Phi) is 24.1. The van der Waals surface area contributed by atoms with Gasteiger partial charge in [0.1, 0.15) is 5.82 Å². The van der Waals surface area contributed by atoms with Crippen LogP contribution in [0.1, 0.15) is 158 Å². The van der Waals surface area contributed by atoms with Crippen molar-refractivity contribution in [1.29, 1.82) is 0 Å². The van der Waals surface area contributed by atoms with Crippen LogP contribution in [-0.4, -0.2) is 39.5 Å². The Hall–Kier alpha value is -1.09. The van der Waals surface area contributed by atoms with Gasteiger partial charge in [0.25, 0.3) is 0 Å². The maximum absolute atomic E-state index is 4.53. The van der Waals surface area contributed by atoms with E-state index in [1.54, 1.807) is 0 Å². The number of hydrogen-bond donors (Lipinski definition) is 1. The molecule has 2 nitrogen and oxygen atoms in total. The zero-order valence-electron chi connectivity index (χ0n) is 31.9. The number of rotatable bonds is 22. The fraction of sp³-hybridized carbons (Fsp3) is 0.698. The van der Waals surface area contributed by atoms with Gasteiger partial charge < -0.3 is 4.98 Å². The summed E-state index contributed by atoms with van der Waals surface area (Å²) < 4.78 is 0. The molecule has 0 spiro atoms. The second-order valence-electron chi connectivity index (χ2n) is 15.7. The van der Waals surface area contributed by atoms with Crippen LogP contribution in [0.25, 0.3) is 22.4 Å². The molecule has 0 fully saturated rings. The molecule has 255 valence electrons. The first-order valence-electron chi connectivity index (χ1n) is 19.1. The van der Waals surface area contributed by atoms with Gasteiger partial charge in [-0.1, -0.05) is 201 Å². The van der Waals surface area contributed by atoms with Gasteiger partial charge in [-0.05, 0) is 47.6 Å². The van der Waals surface area contributed by atoms with Crippen LogP contribution >= 0.6 is 0 Å². The Morgan fingerprint density at radius 1 is 0.457 bits per heavy atom. The molecule has 1 radical (unpaired) electrons. The number of imidazole rings is 1. The fourth-order valence-corrected chi connectivity index (χ4v) is 6.63. The minimum Gasteiger partial charge on any atom is -0.338 e. The minimum atomic E-state index is 0. The Labute approximate surface area is 308 Å². The van der Waals surface area contributed by atoms with Gasteiger partial charge in [-0.15, -0.1) is 0 Å². The third kappa shape index (κ3) is 20.3. The largest absolute Gasteiger partial charge is 0.338 e. The molecular formula is C43H72N2Na. The van der Waals surface area contributed by atoms with Gasteiger partial charge in [-0.25, -0.2) is 4.98 Å². The topological polar surface area (TPSA) is 28.7 Å². The van der Waals surface area contributed by atoms with E-state index in [4.69, 9.17) is 0 Å². The Balaban J connectivity index is 0.000000543. The predicted molar refractivity (Wildman–Crippen MR) is 207 cm³/mol. The van der Waals surface area contributed by atoms with E-state index in [0.717, 1.165) is 57.9 Å². The summed E-state index contributed by atoms with van der Waals surface area (Å²) in [6, 6.07) is 18.2. The molecule has 0 aliphatic carbocycles. The van der Waals surface area contributed by atoms with Gasteiger partial charge in [0.05, 0.1) is 11.0 Å². The molecule has 3 rings (SSSR count). The van der Waals surface area contributed by atoms with E-state index in [1.807, 2.05) is 42.5 Å². The first-order chi connectivity index (χ1) is 21.6. The number of aromatic nitrogens is 2. The SMILES string of the molecule is CC(C)CCCC(C)CCCC(C)CCCCC(C)CCCC(C)CCCC(C)C.[Na].c1ccc(-c2nc3ccccc3[nH]2)cc1. The molecule has 1 heterocycles. The van der Waals surface area contributed by atoms with Crippen LogP contribution in [0.15, 0.2) is 54.6 Å². The average Bonchev–Trinajstić information content (AvgIpc) is 3.44. The molecule has 2 aromatic carbocycles. The summed E-state index contributed by atoms with van der Waals surface area (Å²) in [5.41, 5.74) is 3.21. The van der Waals surface area contributed by atoms with Crippen molar-refractivity contribution in [2.24, 2.45) is 35.5 Å². The molecule has 4 atom stereocenters. The predicted octanol–water partition coefficient (Wildman–Crippen LogP) is 13.9. The number of para-hydroxylation sites is 2. The second-order valence-corrected chi connectivity index (χ2v) is 15.7. The average molecular weight is 640 g/mol. The second kappa shape index (κ2) is 25.9. The smallest absolute Gasteiger partial charge is 0.138 e. The number of fused-ring (bicyclic) bond motifs is 1. The van der Waals surface area contributed by atoms with Gasteiger partial charge >= 0.3 is 0 Å². The van der Waals surface area contributed by atoms with Gasteiger partial charge in [0.2, 0.25) is 0 Å². The van der Waals surface area contributed by atoms with Gasteiger partial charge in [0.15, 0.2) is 0 Å². The molecular weight excluding hydrogens is 567 g/mol. The van der Waals surface area contributed by atoms with Crippen LogP contribution in [0.2, 0.25) is 0 Å². The van der Waals surface area contributed by atoms with E-state index in [2.05, 4.69) is 77.5 Å². The molecule has 0 saturated carbocycles. The van der Waals surface area contributed by atoms with E-state index in [9.17, 15) is 0 Å². The quantitative estimate of drug-likeness (QED) is 0.0860. The first kappa shape index (κ1) is 42.9. The molecule has 0 amide bonds. The molecule has 0 saturated heterocycles. The van der Waals surface area contributed by atoms with Gasteiger partial charge in [0, 0.05) is 35.1 Å². The van der Waals surface area contributed by atoms with Crippen molar-refractivity contribution in [3.8, 4) is 11.4 Å². The van der Waals surface area contributed by atoms with Crippen LogP contribution in [0, 0.1) is 35.5 Å². The van der Waals surface area contributed by atoms with E-state index in [-0.39, 0.29) is 29.6 Å². The van der Waals surface area contributed by atoms with Crippen molar-refractivity contribution in [2.75, 3.05) is 0 Å². The maximum Gasteiger partial charge on any atom is 0.138 e. The number of aromatic amines is 1. The maximum atomic E-state index is 4.53. The van der Waals surface area contributed by atoms with Crippen molar-refractivity contribution >= 4 is 40.6 Å². The summed E-state index contributed by atoms with van der Waals surface area (Å²) in [6.45, 7) is 19.3. The normalized spacial score (nSPS) is 14.0. The zero-order chi connectivity index (χ0) is 32.9. The molecule has 3 aromatic rings. The number of benzene rings is 2. The third-order valence-electron chi connectivity index (χ3n) is 9.82. The van der Waals surface area contributed by atoms with Crippen molar-refractivity contribution < 1.29 is 0 Å². The molecule has 0 aliphatic rings. The summed E-state index contributed by atoms with van der Waals surface area (Å²) in [5, 5.41) is 0. The van der Waals surface area contributed by atoms with Crippen LogP contribution in [-0.2, 0) is 0 Å². The summed E-state index contributed by atoms with van der Waals surface area (Å²) in [7, 11) is 0. The van der Waals surface area contributed by atoms with Crippen LogP contribution in [0.3, 0.4) is 0 Å². The molecule has 0 bridgehead atoms. The standard InChI is InChI=1S/C30H62.C13H10N2.Na/c1-25(2)15-11-19-29(7)23-13-21-27(5)17-9-10-18-28(6)22-14-24-30(8)20-12-16-26(3)4;1-2-6-10(7-3-1)13-14-11-8-4-5-9-12(11)15-13;/h25-30H,9-24H2,1-8H3;1-9H,(H,14,15);. The summed E-state index contributed by atoms with van der Waals surface area (Å²) in [4.78, 5) is 7.83. The molecule has 3 heteroatoms. The van der Waals surface area contributed by atoms with E-state index in [0.29, 0.717) is 0 Å². The van der Waals surface area contributed by atoms with E-state index in [1.165, 1.54) is 103 Å². The van der Waals surface area contributed by atoms with Crippen molar-refractivity contribution in [1.82, 2.24) is 9.97 Å². The number of unbranched alkanes of at least 4 members (excludes halogenated alkanes) is 1. The fourth-order valence-electron chi connectivity index (χ4n) is 6.63. The molecule has 1 aromatic heterocycles. The van der Waals surface area contributed by atoms with Crippen LogP contribution in [0.4, 0.5) is 0 Å². The van der Waals surface area contributed by atoms with Crippen molar-refractivity contribution in [3.05, 3.63) is 54.6 Å². The van der Waals surface area contributed by atoms with Crippen molar-refractivity contribution in [3.63, 3.8) is 0 Å². The van der Waals surface area contributed by atoms with Gasteiger partial charge in [-0.3, -0.25) is 0 Å². The molecule has 4 unspecified atom stereocenters. The van der Waals surface area contributed by atoms with Crippen molar-refractivity contribution in [2.45, 2.75) is 158 Å². The molecule has 1 N–H and O–H groups in total. The summed E-state index contributed by atoms with van der Waals surface area (Å²) in [6.07, 6.45) is 23.2.